The standard InChI is InChI=1S/C7H7ClNO2S.C4H9NO.Na/c1-6-2-4-7(5-3-6)12(10,11)9-8;6-5-3-1-2-4-5;/h2-5H,1H3;6H,1-4H2;/q-1;;+1. The molecule has 0 saturated carbocycles. The van der Waals surface area contributed by atoms with Gasteiger partial charge in [-0.3, -0.25) is 11.8 Å². The Kier molecular flexibility index (Phi) is 9.47. The third-order valence-electron chi connectivity index (χ3n) is 2.49. The van der Waals surface area contributed by atoms with E-state index in [1.807, 2.05) is 6.92 Å². The van der Waals surface area contributed by atoms with E-state index in [0.717, 1.165) is 31.5 Å². The maximum absolute atomic E-state index is 11.0. The molecular weight excluding hydrogens is 299 g/mol. The zero-order chi connectivity index (χ0) is 13.6. The summed E-state index contributed by atoms with van der Waals surface area (Å²) in [6.07, 6.45) is 2.33. The van der Waals surface area contributed by atoms with E-state index in [0.29, 0.717) is 0 Å². The van der Waals surface area contributed by atoms with Crippen LogP contribution in [-0.2, 0) is 10.0 Å². The Labute approximate surface area is 141 Å². The van der Waals surface area contributed by atoms with Crippen molar-refractivity contribution in [3.63, 3.8) is 0 Å². The van der Waals surface area contributed by atoms with Crippen LogP contribution in [0.2, 0.25) is 0 Å². The Balaban J connectivity index is 0.000000392. The van der Waals surface area contributed by atoms with Gasteiger partial charge in [0.25, 0.3) is 0 Å². The van der Waals surface area contributed by atoms with Gasteiger partial charge in [0, 0.05) is 18.0 Å². The second-order valence-electron chi connectivity index (χ2n) is 4.02. The van der Waals surface area contributed by atoms with Gasteiger partial charge in [0.1, 0.15) is 10.0 Å². The van der Waals surface area contributed by atoms with Crippen molar-refractivity contribution in [1.29, 1.82) is 0 Å². The molecule has 1 aliphatic rings. The third-order valence-corrected chi connectivity index (χ3v) is 4.09. The SMILES string of the molecule is Cc1ccc(S(=O)(=O)[N-]Cl)cc1.ON1CCCC1.[Na+]. The number of halogens is 1. The number of benzene rings is 1. The van der Waals surface area contributed by atoms with Crippen LogP contribution in [0.4, 0.5) is 0 Å². The Morgan fingerprint density at radius 2 is 1.68 bits per heavy atom. The molecule has 102 valence electrons. The van der Waals surface area contributed by atoms with E-state index < -0.39 is 10.0 Å². The topological polar surface area (TPSA) is 71.7 Å². The van der Waals surface area contributed by atoms with Gasteiger partial charge in [-0.15, -0.1) is 0 Å². The van der Waals surface area contributed by atoms with Crippen LogP contribution >= 0.6 is 11.8 Å². The van der Waals surface area contributed by atoms with E-state index in [2.05, 4.69) is 4.24 Å². The van der Waals surface area contributed by atoms with Crippen molar-refractivity contribution >= 4 is 21.8 Å². The molecule has 5 nitrogen and oxygen atoms in total. The largest absolute Gasteiger partial charge is 1.00 e. The first-order valence-electron chi connectivity index (χ1n) is 5.54. The molecule has 1 aromatic carbocycles. The van der Waals surface area contributed by atoms with E-state index in [1.54, 1.807) is 12.1 Å². The molecule has 0 atom stereocenters. The molecule has 0 radical (unpaired) electrons. The van der Waals surface area contributed by atoms with Gasteiger partial charge < -0.3 is 9.45 Å². The zero-order valence-corrected chi connectivity index (χ0v) is 14.7. The summed E-state index contributed by atoms with van der Waals surface area (Å²) in [5.74, 6) is 0. The molecule has 1 aliphatic heterocycles. The molecule has 0 unspecified atom stereocenters. The van der Waals surface area contributed by atoms with E-state index >= 15 is 0 Å². The van der Waals surface area contributed by atoms with Crippen LogP contribution in [0.25, 0.3) is 4.24 Å². The Hall–Kier alpha value is 0.340. The molecule has 0 amide bonds. The number of aryl methyl sites for hydroxylation is 1. The second-order valence-corrected chi connectivity index (χ2v) is 5.99. The molecule has 1 aromatic rings. The summed E-state index contributed by atoms with van der Waals surface area (Å²) in [6.45, 7) is 3.62. The van der Waals surface area contributed by atoms with E-state index in [-0.39, 0.29) is 34.5 Å². The summed E-state index contributed by atoms with van der Waals surface area (Å²) in [5.41, 5.74) is 0.989. The molecule has 0 aliphatic carbocycles. The molecule has 2 rings (SSSR count). The maximum atomic E-state index is 11.0. The molecule has 0 aromatic heterocycles. The van der Waals surface area contributed by atoms with Crippen LogP contribution in [0.15, 0.2) is 29.2 Å². The van der Waals surface area contributed by atoms with Crippen LogP contribution in [0.3, 0.4) is 0 Å². The molecule has 1 N–H and O–H groups in total. The zero-order valence-electron chi connectivity index (χ0n) is 11.1. The minimum Gasteiger partial charge on any atom is -0.458 e. The van der Waals surface area contributed by atoms with Crippen molar-refractivity contribution < 1.29 is 43.2 Å². The third kappa shape index (κ3) is 7.06. The van der Waals surface area contributed by atoms with Gasteiger partial charge in [-0.1, -0.05) is 17.7 Å². The normalized spacial score (nSPS) is 15.3. The number of hydrogen-bond donors (Lipinski definition) is 1. The smallest absolute Gasteiger partial charge is 0.458 e. The molecule has 19 heavy (non-hydrogen) atoms. The second kappa shape index (κ2) is 9.31. The summed E-state index contributed by atoms with van der Waals surface area (Å²) in [6, 6.07) is 6.32. The van der Waals surface area contributed by atoms with Crippen LogP contribution in [-0.4, -0.2) is 31.8 Å². The van der Waals surface area contributed by atoms with Gasteiger partial charge >= 0.3 is 29.6 Å². The number of nitrogens with zero attached hydrogens (tertiary/aromatic N) is 2. The fraction of sp³-hybridized carbons (Fsp3) is 0.455. The van der Waals surface area contributed by atoms with Crippen LogP contribution in [0, 0.1) is 6.92 Å². The van der Waals surface area contributed by atoms with Crippen LogP contribution < -0.4 is 29.6 Å². The minimum atomic E-state index is -3.62. The van der Waals surface area contributed by atoms with Gasteiger partial charge in [0.2, 0.25) is 0 Å². The van der Waals surface area contributed by atoms with Crippen molar-refractivity contribution in [2.75, 3.05) is 13.1 Å². The van der Waals surface area contributed by atoms with Crippen LogP contribution in [0.1, 0.15) is 18.4 Å². The molecule has 0 spiro atoms. The Morgan fingerprint density at radius 1 is 1.21 bits per heavy atom. The van der Waals surface area contributed by atoms with E-state index in [9.17, 15) is 8.42 Å². The molecular formula is C11H16ClN2NaO3S. The van der Waals surface area contributed by atoms with Gasteiger partial charge in [-0.2, -0.15) is 5.06 Å². The Bertz CT molecular complexity index is 461. The fourth-order valence-corrected chi connectivity index (χ4v) is 2.25. The first-order valence-corrected chi connectivity index (χ1v) is 7.32. The summed E-state index contributed by atoms with van der Waals surface area (Å²) < 4.78 is 24.8. The molecule has 1 saturated heterocycles. The fourth-order valence-electron chi connectivity index (χ4n) is 1.45. The molecule has 8 heteroatoms. The number of rotatable bonds is 2. The predicted molar refractivity (Wildman–Crippen MR) is 70.2 cm³/mol. The van der Waals surface area contributed by atoms with Gasteiger partial charge in [-0.25, -0.2) is 8.42 Å². The van der Waals surface area contributed by atoms with Crippen molar-refractivity contribution in [2.45, 2.75) is 24.7 Å². The first kappa shape index (κ1) is 19.3. The van der Waals surface area contributed by atoms with Gasteiger partial charge in [0.05, 0.1) is 0 Å². The van der Waals surface area contributed by atoms with Crippen LogP contribution in [0.5, 0.6) is 0 Å². The molecule has 1 heterocycles. The average Bonchev–Trinajstić information content (AvgIpc) is 2.82. The summed E-state index contributed by atoms with van der Waals surface area (Å²) in [7, 11) is -3.62. The number of hydroxylamine groups is 2. The van der Waals surface area contributed by atoms with Crippen molar-refractivity contribution in [3.05, 3.63) is 34.1 Å². The quantitative estimate of drug-likeness (QED) is 0.760. The summed E-state index contributed by atoms with van der Waals surface area (Å²) in [4.78, 5) is 0.114. The summed E-state index contributed by atoms with van der Waals surface area (Å²) in [5, 5.41) is 9.92. The summed E-state index contributed by atoms with van der Waals surface area (Å²) >= 11 is 4.90. The molecule has 0 bridgehead atoms. The van der Waals surface area contributed by atoms with E-state index in [4.69, 9.17) is 17.0 Å². The van der Waals surface area contributed by atoms with Crippen molar-refractivity contribution in [3.8, 4) is 0 Å². The average molecular weight is 315 g/mol. The maximum Gasteiger partial charge on any atom is 1.00 e. The van der Waals surface area contributed by atoms with Crippen molar-refractivity contribution in [2.24, 2.45) is 0 Å². The van der Waals surface area contributed by atoms with Crippen molar-refractivity contribution in [1.82, 2.24) is 5.06 Å². The molecule has 1 fully saturated rings. The monoisotopic (exact) mass is 314 g/mol. The first-order chi connectivity index (χ1) is 8.45. The number of sulfonamides is 1. The van der Waals surface area contributed by atoms with Gasteiger partial charge in [0.15, 0.2) is 0 Å². The van der Waals surface area contributed by atoms with Gasteiger partial charge in [-0.05, 0) is 31.9 Å². The Morgan fingerprint density at radius 3 is 2.00 bits per heavy atom. The van der Waals surface area contributed by atoms with E-state index in [1.165, 1.54) is 17.2 Å². The minimum absolute atomic E-state index is 0. The predicted octanol–water partition coefficient (Wildman–Crippen LogP) is -0.313. The number of hydrogen-bond acceptors (Lipinski definition) is 4.